The number of hydrogen-bond donors (Lipinski definition) is 4. The molecular weight excluding hydrogens is 466 g/mol. The zero-order chi connectivity index (χ0) is 23.0. The predicted molar refractivity (Wildman–Crippen MR) is 123 cm³/mol. The van der Waals surface area contributed by atoms with Crippen LogP contribution in [0.2, 0.25) is 10.0 Å². The first-order valence-corrected chi connectivity index (χ1v) is 11.1. The summed E-state index contributed by atoms with van der Waals surface area (Å²) in [5, 5.41) is 23.5. The average Bonchev–Trinajstić information content (AvgIpc) is 2.73. The number of nitrogens with two attached hydrogens (primary N) is 1. The van der Waals surface area contributed by atoms with Crippen LogP contribution in [0.4, 0.5) is 10.1 Å². The molecular formula is C22H26Cl3FN2O3. The molecule has 2 aromatic carbocycles. The quantitative estimate of drug-likeness (QED) is 0.178. The van der Waals surface area contributed by atoms with Crippen LogP contribution >= 0.6 is 34.8 Å². The lowest BCUT2D eigenvalue weighted by molar-refractivity contribution is -0.140. The Hall–Kier alpha value is -1.57. The van der Waals surface area contributed by atoms with Crippen molar-refractivity contribution in [1.29, 1.82) is 0 Å². The second-order valence-corrected chi connectivity index (χ2v) is 8.83. The number of hydrogen-bond acceptors (Lipinski definition) is 4. The van der Waals surface area contributed by atoms with Crippen molar-refractivity contribution >= 4 is 46.5 Å². The highest BCUT2D eigenvalue weighted by atomic mass is 35.5. The van der Waals surface area contributed by atoms with Gasteiger partial charge < -0.3 is 21.3 Å². The van der Waals surface area contributed by atoms with Gasteiger partial charge in [0, 0.05) is 12.1 Å². The zero-order valence-electron chi connectivity index (χ0n) is 16.9. The first-order chi connectivity index (χ1) is 14.7. The van der Waals surface area contributed by atoms with Crippen LogP contribution in [0.15, 0.2) is 36.4 Å². The highest BCUT2D eigenvalue weighted by Crippen LogP contribution is 2.36. The maximum atomic E-state index is 14.0. The molecule has 2 aromatic rings. The summed E-state index contributed by atoms with van der Waals surface area (Å²) >= 11 is 18.3. The van der Waals surface area contributed by atoms with Gasteiger partial charge in [0.2, 0.25) is 0 Å². The molecule has 9 heteroatoms. The Morgan fingerprint density at radius 3 is 2.35 bits per heavy atom. The van der Waals surface area contributed by atoms with E-state index in [0.717, 1.165) is 19.3 Å². The minimum Gasteiger partial charge on any atom is -0.480 e. The Morgan fingerprint density at radius 2 is 1.74 bits per heavy atom. The molecule has 2 rings (SSSR count). The molecule has 0 bridgehead atoms. The van der Waals surface area contributed by atoms with Gasteiger partial charge in [-0.2, -0.15) is 0 Å². The number of aliphatic carboxylic acids is 1. The number of unbranched alkanes of at least 4 members (excludes halogenated alkanes) is 3. The fourth-order valence-electron chi connectivity index (χ4n) is 3.26. The van der Waals surface area contributed by atoms with Crippen molar-refractivity contribution in [1.82, 2.24) is 5.32 Å². The molecule has 0 saturated heterocycles. The maximum absolute atomic E-state index is 14.0. The van der Waals surface area contributed by atoms with E-state index in [1.807, 2.05) is 0 Å². The first kappa shape index (κ1) is 25.7. The lowest BCUT2D eigenvalue weighted by Gasteiger charge is -2.23. The zero-order valence-corrected chi connectivity index (χ0v) is 19.2. The number of carboxylic acids is 1. The molecule has 0 fully saturated rings. The van der Waals surface area contributed by atoms with Crippen molar-refractivity contribution in [2.24, 2.45) is 0 Å². The van der Waals surface area contributed by atoms with Gasteiger partial charge in [-0.3, -0.25) is 0 Å². The van der Waals surface area contributed by atoms with Gasteiger partial charge in [-0.15, -0.1) is 11.6 Å². The molecule has 31 heavy (non-hydrogen) atoms. The summed E-state index contributed by atoms with van der Waals surface area (Å²) in [6.07, 6.45) is 2.34. The number of carboxylic acid groups (broad SMARTS) is 1. The van der Waals surface area contributed by atoms with Crippen LogP contribution in [-0.4, -0.2) is 29.3 Å². The van der Waals surface area contributed by atoms with Crippen LogP contribution in [0.25, 0.3) is 0 Å². The van der Waals surface area contributed by atoms with Gasteiger partial charge >= 0.3 is 5.97 Å². The minimum absolute atomic E-state index is 0.0114. The third kappa shape index (κ3) is 6.96. The second kappa shape index (κ2) is 11.9. The number of halogens is 4. The Balaban J connectivity index is 1.70. The summed E-state index contributed by atoms with van der Waals surface area (Å²) in [6.45, 7) is 0.999. The Bertz CT molecular complexity index is 877. The van der Waals surface area contributed by atoms with E-state index in [2.05, 4.69) is 5.32 Å². The molecule has 5 N–H and O–H groups in total. The van der Waals surface area contributed by atoms with Crippen molar-refractivity contribution in [3.05, 3.63) is 63.4 Å². The number of aliphatic hydroxyl groups excluding tert-OH is 1. The number of alkyl halides is 1. The van der Waals surface area contributed by atoms with Crippen molar-refractivity contribution in [2.45, 2.75) is 43.1 Å². The molecule has 0 aromatic heterocycles. The number of benzene rings is 2. The highest BCUT2D eigenvalue weighted by molar-refractivity contribution is 6.38. The first-order valence-electron chi connectivity index (χ1n) is 9.97. The number of nitrogen functional groups attached to an aromatic ring is 1. The van der Waals surface area contributed by atoms with E-state index >= 15 is 0 Å². The number of rotatable bonds is 12. The van der Waals surface area contributed by atoms with E-state index in [9.17, 15) is 19.4 Å². The number of nitrogens with one attached hydrogen (secondary N) is 1. The van der Waals surface area contributed by atoms with E-state index in [-0.39, 0.29) is 17.7 Å². The smallest absolute Gasteiger partial charge is 0.329 e. The molecule has 0 saturated carbocycles. The molecule has 0 aliphatic rings. The molecule has 2 unspecified atom stereocenters. The van der Waals surface area contributed by atoms with Gasteiger partial charge in [0.25, 0.3) is 0 Å². The lowest BCUT2D eigenvalue weighted by atomic mass is 9.91. The predicted octanol–water partition coefficient (Wildman–Crippen LogP) is 5.51. The fourth-order valence-corrected chi connectivity index (χ4v) is 4.06. The Kier molecular flexibility index (Phi) is 9.85. The van der Waals surface area contributed by atoms with E-state index in [1.54, 1.807) is 18.2 Å². The van der Waals surface area contributed by atoms with Crippen LogP contribution < -0.4 is 11.1 Å². The number of anilines is 1. The summed E-state index contributed by atoms with van der Waals surface area (Å²) in [4.78, 5) is 9.90. The summed E-state index contributed by atoms with van der Waals surface area (Å²) in [6, 6.07) is 8.87. The van der Waals surface area contributed by atoms with Crippen LogP contribution in [0.5, 0.6) is 0 Å². The Morgan fingerprint density at radius 1 is 1.13 bits per heavy atom. The molecule has 5 nitrogen and oxygen atoms in total. The summed E-state index contributed by atoms with van der Waals surface area (Å²) in [7, 11) is 0. The third-order valence-electron chi connectivity index (χ3n) is 5.09. The van der Waals surface area contributed by atoms with Crippen molar-refractivity contribution in [3.63, 3.8) is 0 Å². The monoisotopic (exact) mass is 490 g/mol. The van der Waals surface area contributed by atoms with Gasteiger partial charge in [-0.25, -0.2) is 9.18 Å². The average molecular weight is 492 g/mol. The lowest BCUT2D eigenvalue weighted by Crippen LogP contribution is -2.30. The largest absolute Gasteiger partial charge is 0.480 e. The summed E-state index contributed by atoms with van der Waals surface area (Å²) in [5.41, 5.74) is 6.55. The van der Waals surface area contributed by atoms with Crippen molar-refractivity contribution in [3.8, 4) is 0 Å². The van der Waals surface area contributed by atoms with Crippen LogP contribution in [0.3, 0.4) is 0 Å². The molecule has 170 valence electrons. The van der Waals surface area contributed by atoms with Gasteiger partial charge in [0.15, 0.2) is 4.87 Å². The highest BCUT2D eigenvalue weighted by Gasteiger charge is 2.39. The summed E-state index contributed by atoms with van der Waals surface area (Å²) in [5.74, 6) is -1.87. The topological polar surface area (TPSA) is 95.6 Å². The molecule has 0 amide bonds. The van der Waals surface area contributed by atoms with Crippen LogP contribution in [-0.2, 0) is 9.67 Å². The molecule has 0 radical (unpaired) electrons. The summed E-state index contributed by atoms with van der Waals surface area (Å²) < 4.78 is 14.0. The van der Waals surface area contributed by atoms with Crippen LogP contribution in [0, 0.1) is 5.82 Å². The van der Waals surface area contributed by atoms with Gasteiger partial charge in [-0.05, 0) is 43.1 Å². The van der Waals surface area contributed by atoms with Gasteiger partial charge in [-0.1, -0.05) is 60.7 Å². The van der Waals surface area contributed by atoms with Gasteiger partial charge in [0.1, 0.15) is 5.82 Å². The third-order valence-corrected chi connectivity index (χ3v) is 6.27. The number of carbonyl (C=O) groups is 1. The molecule has 0 aliphatic carbocycles. The second-order valence-electron chi connectivity index (χ2n) is 7.37. The SMILES string of the molecule is Nc1c(Cl)cc(C(O)CNCCCCCCC(Cl)(C(=O)O)c2ccccc2F)cc1Cl. The van der Waals surface area contributed by atoms with Crippen molar-refractivity contribution < 1.29 is 19.4 Å². The number of aliphatic hydroxyl groups is 1. The fraction of sp³-hybridized carbons (Fsp3) is 0.409. The maximum Gasteiger partial charge on any atom is 0.329 e. The van der Waals surface area contributed by atoms with E-state index in [1.165, 1.54) is 18.2 Å². The van der Waals surface area contributed by atoms with E-state index < -0.39 is 22.8 Å². The van der Waals surface area contributed by atoms with E-state index in [4.69, 9.17) is 40.5 Å². The van der Waals surface area contributed by atoms with E-state index in [0.29, 0.717) is 35.1 Å². The standard InChI is InChI=1S/C22H26Cl3FN2O3/c23-16-11-14(12-17(24)20(16)27)19(29)13-28-10-6-2-1-5-9-22(25,21(30)31)15-7-3-4-8-18(15)26/h3-4,7-8,11-12,19,28-29H,1-2,5-6,9-10,13,27H2,(H,30,31). The Labute approximate surface area is 196 Å². The minimum atomic E-state index is -1.77. The molecule has 0 aliphatic heterocycles. The molecule has 0 heterocycles. The molecule has 0 spiro atoms. The van der Waals surface area contributed by atoms with Crippen molar-refractivity contribution in [2.75, 3.05) is 18.8 Å². The van der Waals surface area contributed by atoms with Gasteiger partial charge in [0.05, 0.1) is 21.8 Å². The van der Waals surface area contributed by atoms with Crippen LogP contribution in [0.1, 0.15) is 49.3 Å². The normalized spacial score (nSPS) is 14.2. The molecule has 2 atom stereocenters.